The first-order valence-corrected chi connectivity index (χ1v) is 11.7. The Morgan fingerprint density at radius 2 is 1.74 bits per heavy atom. The Labute approximate surface area is 189 Å². The van der Waals surface area contributed by atoms with Crippen molar-refractivity contribution in [1.29, 1.82) is 0 Å². The maximum Gasteiger partial charge on any atom is 0.191 e. The fraction of sp³-hybridized carbons (Fsp3) is 0.708. The van der Waals surface area contributed by atoms with Crippen LogP contribution in [0, 0.1) is 0 Å². The predicted molar refractivity (Wildman–Crippen MR) is 129 cm³/mol. The summed E-state index contributed by atoms with van der Waals surface area (Å²) in [5.41, 5.74) is 1.28. The van der Waals surface area contributed by atoms with E-state index < -0.39 is 0 Å². The molecule has 1 aliphatic rings. The smallest absolute Gasteiger partial charge is 0.191 e. The SMILES string of the molecule is CN=C(NCCCCCCCN(C)C)NCC(c1ccc(OC)cc1)N1CCOCC1. The van der Waals surface area contributed by atoms with E-state index >= 15 is 0 Å². The first-order chi connectivity index (χ1) is 15.1. The lowest BCUT2D eigenvalue weighted by atomic mass is 10.0. The number of methoxy groups -OCH3 is 1. The second kappa shape index (κ2) is 15.1. The highest BCUT2D eigenvalue weighted by molar-refractivity contribution is 5.79. The van der Waals surface area contributed by atoms with Gasteiger partial charge in [-0.15, -0.1) is 0 Å². The fourth-order valence-corrected chi connectivity index (χ4v) is 3.88. The van der Waals surface area contributed by atoms with Crippen LogP contribution >= 0.6 is 0 Å². The van der Waals surface area contributed by atoms with Gasteiger partial charge in [0.25, 0.3) is 0 Å². The van der Waals surface area contributed by atoms with E-state index in [1.807, 2.05) is 19.2 Å². The Balaban J connectivity index is 1.77. The van der Waals surface area contributed by atoms with Crippen molar-refractivity contribution in [1.82, 2.24) is 20.4 Å². The molecular formula is C24H43N5O2. The lowest BCUT2D eigenvalue weighted by Gasteiger charge is -2.35. The second-order valence-corrected chi connectivity index (χ2v) is 8.39. The number of ether oxygens (including phenoxy) is 2. The van der Waals surface area contributed by atoms with Crippen LogP contribution in [0.4, 0.5) is 0 Å². The van der Waals surface area contributed by atoms with Gasteiger partial charge in [0.1, 0.15) is 5.75 Å². The Hall–Kier alpha value is -1.83. The van der Waals surface area contributed by atoms with E-state index in [0.717, 1.165) is 51.1 Å². The van der Waals surface area contributed by atoms with Crippen molar-refractivity contribution in [3.05, 3.63) is 29.8 Å². The van der Waals surface area contributed by atoms with Crippen molar-refractivity contribution >= 4 is 5.96 Å². The summed E-state index contributed by atoms with van der Waals surface area (Å²) in [6.07, 6.45) is 6.35. The van der Waals surface area contributed by atoms with Crippen LogP contribution in [0.3, 0.4) is 0 Å². The molecule has 1 aromatic rings. The van der Waals surface area contributed by atoms with E-state index in [-0.39, 0.29) is 6.04 Å². The van der Waals surface area contributed by atoms with Crippen LogP contribution in [0.2, 0.25) is 0 Å². The summed E-state index contributed by atoms with van der Waals surface area (Å²) in [6.45, 7) is 6.40. The minimum absolute atomic E-state index is 0.269. The largest absolute Gasteiger partial charge is 0.497 e. The van der Waals surface area contributed by atoms with Gasteiger partial charge in [-0.1, -0.05) is 31.4 Å². The van der Waals surface area contributed by atoms with Gasteiger partial charge in [-0.3, -0.25) is 9.89 Å². The van der Waals surface area contributed by atoms with Gasteiger partial charge in [-0.2, -0.15) is 0 Å². The van der Waals surface area contributed by atoms with E-state index in [1.165, 1.54) is 44.2 Å². The topological polar surface area (TPSA) is 61.4 Å². The fourth-order valence-electron chi connectivity index (χ4n) is 3.88. The summed E-state index contributed by atoms with van der Waals surface area (Å²) in [7, 11) is 7.82. The van der Waals surface area contributed by atoms with Gasteiger partial charge in [0.15, 0.2) is 5.96 Å². The van der Waals surface area contributed by atoms with Gasteiger partial charge in [0.2, 0.25) is 0 Å². The monoisotopic (exact) mass is 433 g/mol. The van der Waals surface area contributed by atoms with Gasteiger partial charge in [-0.25, -0.2) is 0 Å². The molecule has 1 saturated heterocycles. The van der Waals surface area contributed by atoms with Crippen LogP contribution < -0.4 is 15.4 Å². The van der Waals surface area contributed by atoms with Crippen LogP contribution in [-0.4, -0.2) is 89.9 Å². The van der Waals surface area contributed by atoms with Crippen molar-refractivity contribution in [2.75, 3.05) is 74.2 Å². The van der Waals surface area contributed by atoms with Crippen molar-refractivity contribution in [3.8, 4) is 5.75 Å². The number of hydrogen-bond acceptors (Lipinski definition) is 5. The van der Waals surface area contributed by atoms with Gasteiger partial charge >= 0.3 is 0 Å². The highest BCUT2D eigenvalue weighted by Gasteiger charge is 2.23. The van der Waals surface area contributed by atoms with Crippen molar-refractivity contribution in [2.24, 2.45) is 4.99 Å². The van der Waals surface area contributed by atoms with Crippen LogP contribution in [0.25, 0.3) is 0 Å². The highest BCUT2D eigenvalue weighted by atomic mass is 16.5. The van der Waals surface area contributed by atoms with E-state index in [4.69, 9.17) is 9.47 Å². The first-order valence-electron chi connectivity index (χ1n) is 11.7. The third-order valence-corrected chi connectivity index (χ3v) is 5.75. The number of nitrogens with zero attached hydrogens (tertiary/aromatic N) is 3. The molecule has 1 aliphatic heterocycles. The molecule has 1 heterocycles. The summed E-state index contributed by atoms with van der Waals surface area (Å²) in [5.74, 6) is 1.76. The number of nitrogens with one attached hydrogen (secondary N) is 2. The molecule has 0 aromatic heterocycles. The molecule has 0 radical (unpaired) electrons. The Morgan fingerprint density at radius 1 is 1.06 bits per heavy atom. The predicted octanol–water partition coefficient (Wildman–Crippen LogP) is 2.75. The van der Waals surface area contributed by atoms with Crippen LogP contribution in [0.5, 0.6) is 5.75 Å². The number of hydrogen-bond donors (Lipinski definition) is 2. The molecule has 176 valence electrons. The van der Waals surface area contributed by atoms with Crippen LogP contribution in [-0.2, 0) is 4.74 Å². The normalized spacial score (nSPS) is 16.4. The molecule has 0 spiro atoms. The molecule has 7 nitrogen and oxygen atoms in total. The van der Waals surface area contributed by atoms with Gasteiger partial charge in [-0.05, 0) is 51.2 Å². The molecule has 7 heteroatoms. The summed E-state index contributed by atoms with van der Waals surface area (Å²) in [5, 5.41) is 7.01. The third-order valence-electron chi connectivity index (χ3n) is 5.75. The standard InChI is InChI=1S/C24H43N5O2/c1-25-24(26-14-8-6-5-7-9-15-28(2)3)27-20-23(29-16-18-31-19-17-29)21-10-12-22(30-4)13-11-21/h10-13,23H,5-9,14-20H2,1-4H3,(H2,25,26,27). The number of guanidine groups is 1. The molecule has 0 bridgehead atoms. The van der Waals surface area contributed by atoms with Crippen molar-refractivity contribution in [3.63, 3.8) is 0 Å². The minimum atomic E-state index is 0.269. The average Bonchev–Trinajstić information content (AvgIpc) is 2.80. The lowest BCUT2D eigenvalue weighted by Crippen LogP contribution is -2.46. The maximum atomic E-state index is 5.56. The minimum Gasteiger partial charge on any atom is -0.497 e. The molecule has 1 aromatic carbocycles. The van der Waals surface area contributed by atoms with E-state index in [2.05, 4.69) is 51.7 Å². The van der Waals surface area contributed by atoms with Gasteiger partial charge in [0.05, 0.1) is 26.4 Å². The number of morpholine rings is 1. The number of benzene rings is 1. The molecule has 0 saturated carbocycles. The zero-order valence-corrected chi connectivity index (χ0v) is 20.0. The average molecular weight is 434 g/mol. The zero-order valence-electron chi connectivity index (χ0n) is 20.0. The van der Waals surface area contributed by atoms with Crippen molar-refractivity contribution < 1.29 is 9.47 Å². The third kappa shape index (κ3) is 9.89. The van der Waals surface area contributed by atoms with E-state index in [0.29, 0.717) is 0 Å². The Morgan fingerprint density at radius 3 is 2.39 bits per heavy atom. The molecule has 31 heavy (non-hydrogen) atoms. The molecular weight excluding hydrogens is 390 g/mol. The number of unbranched alkanes of at least 4 members (excludes halogenated alkanes) is 4. The summed E-state index contributed by atoms with van der Waals surface area (Å²) >= 11 is 0. The summed E-state index contributed by atoms with van der Waals surface area (Å²) in [4.78, 5) is 9.16. The second-order valence-electron chi connectivity index (χ2n) is 8.39. The summed E-state index contributed by atoms with van der Waals surface area (Å²) in [6, 6.07) is 8.66. The Kier molecular flexibility index (Phi) is 12.3. The summed E-state index contributed by atoms with van der Waals surface area (Å²) < 4.78 is 10.9. The maximum absolute atomic E-state index is 5.56. The quantitative estimate of drug-likeness (QED) is 0.283. The molecule has 0 amide bonds. The zero-order chi connectivity index (χ0) is 22.3. The molecule has 2 N–H and O–H groups in total. The number of rotatable bonds is 13. The molecule has 1 fully saturated rings. The molecule has 0 aliphatic carbocycles. The first kappa shape index (κ1) is 25.4. The lowest BCUT2D eigenvalue weighted by molar-refractivity contribution is 0.0170. The number of aliphatic imine (C=N–C) groups is 1. The van der Waals surface area contributed by atoms with Crippen LogP contribution in [0.1, 0.15) is 43.7 Å². The van der Waals surface area contributed by atoms with Crippen LogP contribution in [0.15, 0.2) is 29.3 Å². The molecule has 2 rings (SSSR count). The van der Waals surface area contributed by atoms with Gasteiger partial charge in [0, 0.05) is 33.2 Å². The van der Waals surface area contributed by atoms with Crippen molar-refractivity contribution in [2.45, 2.75) is 38.1 Å². The molecule has 1 unspecified atom stereocenters. The van der Waals surface area contributed by atoms with E-state index in [9.17, 15) is 0 Å². The van der Waals surface area contributed by atoms with Gasteiger partial charge < -0.3 is 25.0 Å². The highest BCUT2D eigenvalue weighted by Crippen LogP contribution is 2.23. The Bertz CT molecular complexity index is 615. The van der Waals surface area contributed by atoms with E-state index in [1.54, 1.807) is 7.11 Å². The molecule has 1 atom stereocenters.